The molecule has 1 unspecified atom stereocenters. The van der Waals surface area contributed by atoms with Crippen LogP contribution in [0.1, 0.15) is 16.6 Å². The van der Waals surface area contributed by atoms with E-state index < -0.39 is 0 Å². The van der Waals surface area contributed by atoms with Gasteiger partial charge < -0.3 is 5.32 Å². The number of nitrogens with one attached hydrogen (secondary N) is 1. The maximum absolute atomic E-state index is 4.56. The monoisotopic (exact) mass is 269 g/mol. The van der Waals surface area contributed by atoms with Crippen molar-refractivity contribution in [2.45, 2.75) is 13.1 Å². The molecule has 0 radical (unpaired) electrons. The van der Waals surface area contributed by atoms with Gasteiger partial charge in [0.1, 0.15) is 0 Å². The minimum Gasteiger partial charge on any atom is -0.328 e. The molecule has 0 saturated carbocycles. The third-order valence-corrected chi connectivity index (χ3v) is 4.00. The van der Waals surface area contributed by atoms with E-state index in [1.807, 2.05) is 28.5 Å². The highest BCUT2D eigenvalue weighted by Gasteiger charge is 2.31. The van der Waals surface area contributed by atoms with Crippen molar-refractivity contribution in [2.75, 3.05) is 5.32 Å². The first-order valence-electron chi connectivity index (χ1n) is 6.00. The smallest absolute Gasteiger partial charge is 0.226 e. The van der Waals surface area contributed by atoms with E-state index in [4.69, 9.17) is 0 Å². The summed E-state index contributed by atoms with van der Waals surface area (Å²) in [4.78, 5) is 9.72. The van der Waals surface area contributed by atoms with Crippen LogP contribution in [-0.2, 0) is 0 Å². The van der Waals surface area contributed by atoms with Crippen molar-refractivity contribution >= 4 is 17.3 Å². The summed E-state index contributed by atoms with van der Waals surface area (Å²) in [7, 11) is 0. The zero-order valence-corrected chi connectivity index (χ0v) is 11.1. The molecule has 0 amide bonds. The van der Waals surface area contributed by atoms with E-state index in [1.54, 1.807) is 11.3 Å². The fourth-order valence-electron chi connectivity index (χ4n) is 2.10. The van der Waals surface area contributed by atoms with E-state index in [0.717, 1.165) is 22.2 Å². The van der Waals surface area contributed by atoms with Crippen molar-refractivity contribution in [1.82, 2.24) is 19.7 Å². The molecule has 19 heavy (non-hydrogen) atoms. The Morgan fingerprint density at radius 1 is 1.26 bits per heavy atom. The van der Waals surface area contributed by atoms with Gasteiger partial charge >= 0.3 is 0 Å². The average molecular weight is 269 g/mol. The molecule has 0 saturated heterocycles. The number of thiazole rings is 1. The Kier molecular flexibility index (Phi) is 2.19. The molecule has 3 heterocycles. The Balaban J connectivity index is 1.69. The largest absolute Gasteiger partial charge is 0.328 e. The van der Waals surface area contributed by atoms with Crippen LogP contribution in [0.25, 0.3) is 11.4 Å². The van der Waals surface area contributed by atoms with Crippen molar-refractivity contribution < 1.29 is 0 Å². The molecule has 94 valence electrons. The SMILES string of the molecule is Cc1ccc(-c2nc3n(n2)C(c2cncs2)N3)cc1. The number of anilines is 1. The summed E-state index contributed by atoms with van der Waals surface area (Å²) in [5.74, 6) is 1.57. The third kappa shape index (κ3) is 1.64. The van der Waals surface area contributed by atoms with E-state index >= 15 is 0 Å². The number of benzene rings is 1. The number of nitrogens with zero attached hydrogens (tertiary/aromatic N) is 4. The molecule has 0 aliphatic carbocycles. The topological polar surface area (TPSA) is 55.6 Å². The van der Waals surface area contributed by atoms with Gasteiger partial charge in [-0.2, -0.15) is 4.98 Å². The molecule has 6 heteroatoms. The molecule has 1 aliphatic heterocycles. The number of hydrogen-bond acceptors (Lipinski definition) is 5. The van der Waals surface area contributed by atoms with Crippen LogP contribution in [0, 0.1) is 6.92 Å². The minimum atomic E-state index is 0.0780. The van der Waals surface area contributed by atoms with Gasteiger partial charge in [0.05, 0.1) is 10.4 Å². The number of aryl methyl sites for hydroxylation is 1. The summed E-state index contributed by atoms with van der Waals surface area (Å²) in [5.41, 5.74) is 4.10. The van der Waals surface area contributed by atoms with Crippen LogP contribution in [0.4, 0.5) is 5.95 Å². The fourth-order valence-corrected chi connectivity index (χ4v) is 2.75. The third-order valence-electron chi connectivity index (χ3n) is 3.17. The van der Waals surface area contributed by atoms with Crippen molar-refractivity contribution in [1.29, 1.82) is 0 Å². The first-order chi connectivity index (χ1) is 9.31. The molecule has 4 rings (SSSR count). The number of rotatable bonds is 2. The molecule has 0 spiro atoms. The summed E-state index contributed by atoms with van der Waals surface area (Å²) >= 11 is 1.62. The van der Waals surface area contributed by atoms with Crippen LogP contribution >= 0.6 is 11.3 Å². The van der Waals surface area contributed by atoms with Gasteiger partial charge in [-0.1, -0.05) is 29.8 Å². The second kappa shape index (κ2) is 3.89. The number of hydrogen-bond donors (Lipinski definition) is 1. The summed E-state index contributed by atoms with van der Waals surface area (Å²) in [5, 5.41) is 7.84. The average Bonchev–Trinajstić information content (AvgIpc) is 3.01. The van der Waals surface area contributed by atoms with E-state index in [1.165, 1.54) is 5.56 Å². The van der Waals surface area contributed by atoms with Crippen LogP contribution in [0.5, 0.6) is 0 Å². The molecular weight excluding hydrogens is 258 g/mol. The molecule has 1 atom stereocenters. The maximum Gasteiger partial charge on any atom is 0.226 e. The van der Waals surface area contributed by atoms with Crippen LogP contribution < -0.4 is 5.32 Å². The van der Waals surface area contributed by atoms with E-state index in [-0.39, 0.29) is 6.17 Å². The number of fused-ring (bicyclic) bond motifs is 1. The lowest BCUT2D eigenvalue weighted by Crippen LogP contribution is -2.31. The molecule has 0 fully saturated rings. The van der Waals surface area contributed by atoms with Gasteiger partial charge in [-0.15, -0.1) is 16.4 Å². The molecule has 1 aromatic carbocycles. The van der Waals surface area contributed by atoms with Gasteiger partial charge in [0, 0.05) is 11.8 Å². The Bertz CT molecular complexity index is 714. The molecule has 1 N–H and O–H groups in total. The van der Waals surface area contributed by atoms with E-state index in [0.29, 0.717) is 0 Å². The molecule has 5 nitrogen and oxygen atoms in total. The molecular formula is C13H11N5S. The van der Waals surface area contributed by atoms with Crippen molar-refractivity contribution in [3.05, 3.63) is 46.4 Å². The highest BCUT2D eigenvalue weighted by Crippen LogP contribution is 2.34. The molecule has 1 aliphatic rings. The van der Waals surface area contributed by atoms with Crippen LogP contribution in [0.2, 0.25) is 0 Å². The summed E-state index contributed by atoms with van der Waals surface area (Å²) in [6.45, 7) is 2.07. The second-order valence-corrected chi connectivity index (χ2v) is 5.44. The maximum atomic E-state index is 4.56. The van der Waals surface area contributed by atoms with Gasteiger partial charge in [-0.3, -0.25) is 4.98 Å². The predicted molar refractivity (Wildman–Crippen MR) is 74.1 cm³/mol. The molecule has 0 bridgehead atoms. The van der Waals surface area contributed by atoms with Gasteiger partial charge in [0.15, 0.2) is 12.0 Å². The van der Waals surface area contributed by atoms with Gasteiger partial charge in [-0.05, 0) is 6.92 Å². The Morgan fingerprint density at radius 3 is 2.84 bits per heavy atom. The van der Waals surface area contributed by atoms with Crippen molar-refractivity contribution in [3.63, 3.8) is 0 Å². The number of aromatic nitrogens is 4. The van der Waals surface area contributed by atoms with Crippen LogP contribution in [0.15, 0.2) is 36.0 Å². The predicted octanol–water partition coefficient (Wildman–Crippen LogP) is 2.68. The molecule has 2 aromatic heterocycles. The van der Waals surface area contributed by atoms with E-state index in [9.17, 15) is 0 Å². The summed E-state index contributed by atoms with van der Waals surface area (Å²) in [6, 6.07) is 8.24. The minimum absolute atomic E-state index is 0.0780. The lowest BCUT2D eigenvalue weighted by atomic mass is 10.1. The quantitative estimate of drug-likeness (QED) is 0.777. The zero-order chi connectivity index (χ0) is 12.8. The Hall–Kier alpha value is -2.21. The van der Waals surface area contributed by atoms with E-state index in [2.05, 4.69) is 39.4 Å². The highest BCUT2D eigenvalue weighted by molar-refractivity contribution is 7.09. The van der Waals surface area contributed by atoms with Crippen LogP contribution in [0.3, 0.4) is 0 Å². The zero-order valence-electron chi connectivity index (χ0n) is 10.2. The van der Waals surface area contributed by atoms with Crippen molar-refractivity contribution in [3.8, 4) is 11.4 Å². The standard InChI is InChI=1S/C13H11N5S/c1-8-2-4-9(5-3-8)11-15-13-16-12(18(13)17-11)10-6-14-7-19-10/h2-7,12H,1H3,(H,15,16,17). The second-order valence-electron chi connectivity index (χ2n) is 4.52. The van der Waals surface area contributed by atoms with Gasteiger partial charge in [-0.25, -0.2) is 4.68 Å². The first-order valence-corrected chi connectivity index (χ1v) is 6.88. The Labute approximate surface area is 114 Å². The van der Waals surface area contributed by atoms with Gasteiger partial charge in [0.25, 0.3) is 0 Å². The van der Waals surface area contributed by atoms with Crippen molar-refractivity contribution in [2.24, 2.45) is 0 Å². The summed E-state index contributed by atoms with van der Waals surface area (Å²) in [6.07, 6.45) is 1.94. The van der Waals surface area contributed by atoms with Crippen LogP contribution in [-0.4, -0.2) is 19.7 Å². The fraction of sp³-hybridized carbons (Fsp3) is 0.154. The Morgan fingerprint density at radius 2 is 2.11 bits per heavy atom. The normalized spacial score (nSPS) is 16.6. The van der Waals surface area contributed by atoms with Gasteiger partial charge in [0.2, 0.25) is 5.95 Å². The lowest BCUT2D eigenvalue weighted by Gasteiger charge is -2.27. The first kappa shape index (κ1) is 10.7. The highest BCUT2D eigenvalue weighted by atomic mass is 32.1. The molecule has 3 aromatic rings. The summed E-state index contributed by atoms with van der Waals surface area (Å²) < 4.78 is 1.91. The lowest BCUT2D eigenvalue weighted by molar-refractivity contribution is 0.517.